The van der Waals surface area contributed by atoms with Crippen molar-refractivity contribution in [2.45, 2.75) is 31.9 Å². The van der Waals surface area contributed by atoms with Gasteiger partial charge in [0.15, 0.2) is 0 Å². The van der Waals surface area contributed by atoms with Gasteiger partial charge in [-0.25, -0.2) is 0 Å². The zero-order valence-electron chi connectivity index (χ0n) is 7.25. The first-order chi connectivity index (χ1) is 5.74. The van der Waals surface area contributed by atoms with Crippen molar-refractivity contribution in [1.29, 1.82) is 0 Å². The Morgan fingerprint density at radius 3 is 3.08 bits per heavy atom. The van der Waals surface area contributed by atoms with Gasteiger partial charge in [-0.1, -0.05) is 0 Å². The van der Waals surface area contributed by atoms with Crippen LogP contribution in [0.5, 0.6) is 0 Å². The number of hydrogen-bond donors (Lipinski definition) is 2. The standard InChI is InChI=1S/C8H15NO3/c1-6-8(11)9-7(5-12-6)3-2-4-10/h6-7,10H,2-5H2,1H3,(H,9,11)/t6-,7-/m0/s1. The Kier molecular flexibility index (Phi) is 3.49. The molecular weight excluding hydrogens is 158 g/mol. The summed E-state index contributed by atoms with van der Waals surface area (Å²) in [6.07, 6.45) is 1.17. The fourth-order valence-corrected chi connectivity index (χ4v) is 1.19. The van der Waals surface area contributed by atoms with Crippen LogP contribution in [0.1, 0.15) is 19.8 Å². The Morgan fingerprint density at radius 1 is 1.75 bits per heavy atom. The van der Waals surface area contributed by atoms with Gasteiger partial charge in [-0.2, -0.15) is 0 Å². The van der Waals surface area contributed by atoms with Crippen LogP contribution in [0.2, 0.25) is 0 Å². The summed E-state index contributed by atoms with van der Waals surface area (Å²) >= 11 is 0. The molecule has 2 N–H and O–H groups in total. The molecule has 1 fully saturated rings. The van der Waals surface area contributed by atoms with Gasteiger partial charge in [-0.3, -0.25) is 4.79 Å². The zero-order chi connectivity index (χ0) is 8.97. The molecule has 0 aromatic rings. The molecule has 0 radical (unpaired) electrons. The van der Waals surface area contributed by atoms with Gasteiger partial charge < -0.3 is 15.2 Å². The number of hydrogen-bond acceptors (Lipinski definition) is 3. The number of morpholine rings is 1. The van der Waals surface area contributed by atoms with E-state index in [9.17, 15) is 4.79 Å². The summed E-state index contributed by atoms with van der Waals surface area (Å²) in [6, 6.07) is 0.0841. The molecule has 0 spiro atoms. The van der Waals surface area contributed by atoms with E-state index in [1.54, 1.807) is 6.92 Å². The Bertz CT molecular complexity index is 158. The second kappa shape index (κ2) is 4.42. The molecule has 4 nitrogen and oxygen atoms in total. The summed E-state index contributed by atoms with van der Waals surface area (Å²) in [5, 5.41) is 11.4. The largest absolute Gasteiger partial charge is 0.396 e. The van der Waals surface area contributed by atoms with E-state index in [2.05, 4.69) is 5.32 Å². The highest BCUT2D eigenvalue weighted by Gasteiger charge is 2.24. The number of carbonyl (C=O) groups excluding carboxylic acids is 1. The second-order valence-electron chi connectivity index (χ2n) is 3.05. The molecule has 2 atom stereocenters. The Balaban J connectivity index is 2.25. The molecule has 70 valence electrons. The topological polar surface area (TPSA) is 58.6 Å². The molecule has 1 heterocycles. The average molecular weight is 173 g/mol. The number of nitrogens with one attached hydrogen (secondary N) is 1. The van der Waals surface area contributed by atoms with Crippen molar-refractivity contribution in [2.75, 3.05) is 13.2 Å². The summed E-state index contributed by atoms with van der Waals surface area (Å²) in [7, 11) is 0. The van der Waals surface area contributed by atoms with E-state index in [1.807, 2.05) is 0 Å². The van der Waals surface area contributed by atoms with Gasteiger partial charge in [0, 0.05) is 6.61 Å². The first-order valence-corrected chi connectivity index (χ1v) is 4.27. The van der Waals surface area contributed by atoms with Gasteiger partial charge in [0.25, 0.3) is 0 Å². The van der Waals surface area contributed by atoms with E-state index in [-0.39, 0.29) is 24.7 Å². The van der Waals surface area contributed by atoms with Crippen molar-refractivity contribution in [2.24, 2.45) is 0 Å². The molecule has 1 aliphatic heterocycles. The summed E-state index contributed by atoms with van der Waals surface area (Å²) in [6.45, 7) is 2.46. The fraction of sp³-hybridized carbons (Fsp3) is 0.875. The Morgan fingerprint density at radius 2 is 2.50 bits per heavy atom. The number of rotatable bonds is 3. The number of aliphatic hydroxyl groups is 1. The predicted molar refractivity (Wildman–Crippen MR) is 43.7 cm³/mol. The van der Waals surface area contributed by atoms with Crippen LogP contribution in [0.15, 0.2) is 0 Å². The van der Waals surface area contributed by atoms with Gasteiger partial charge in [0.1, 0.15) is 6.10 Å². The lowest BCUT2D eigenvalue weighted by Gasteiger charge is -2.27. The highest BCUT2D eigenvalue weighted by molar-refractivity contribution is 5.81. The minimum Gasteiger partial charge on any atom is -0.396 e. The SMILES string of the molecule is C[C@@H]1OC[C@H](CCCO)NC1=O. The van der Waals surface area contributed by atoms with Gasteiger partial charge in [0.05, 0.1) is 12.6 Å². The molecule has 0 aromatic carbocycles. The minimum atomic E-state index is -0.324. The van der Waals surface area contributed by atoms with Crippen molar-refractivity contribution < 1.29 is 14.6 Å². The highest BCUT2D eigenvalue weighted by atomic mass is 16.5. The molecule has 4 heteroatoms. The lowest BCUT2D eigenvalue weighted by molar-refractivity contribution is -0.139. The fourth-order valence-electron chi connectivity index (χ4n) is 1.19. The number of ether oxygens (including phenoxy) is 1. The third-order valence-electron chi connectivity index (χ3n) is 1.97. The number of carbonyl (C=O) groups is 1. The van der Waals surface area contributed by atoms with E-state index < -0.39 is 0 Å². The molecular formula is C8H15NO3. The van der Waals surface area contributed by atoms with Gasteiger partial charge in [0.2, 0.25) is 5.91 Å². The van der Waals surface area contributed by atoms with Crippen LogP contribution in [-0.4, -0.2) is 36.4 Å². The van der Waals surface area contributed by atoms with Crippen molar-refractivity contribution in [3.8, 4) is 0 Å². The van der Waals surface area contributed by atoms with Crippen LogP contribution in [0.3, 0.4) is 0 Å². The molecule has 0 aromatic heterocycles. The molecule has 0 saturated carbocycles. The van der Waals surface area contributed by atoms with Crippen LogP contribution in [0.4, 0.5) is 0 Å². The maximum absolute atomic E-state index is 11.1. The monoisotopic (exact) mass is 173 g/mol. The molecule has 1 saturated heterocycles. The first kappa shape index (κ1) is 9.48. The molecule has 1 amide bonds. The number of amides is 1. The average Bonchev–Trinajstić information content (AvgIpc) is 2.07. The summed E-state index contributed by atoms with van der Waals surface area (Å²) < 4.78 is 5.21. The van der Waals surface area contributed by atoms with Crippen molar-refractivity contribution in [3.05, 3.63) is 0 Å². The lowest BCUT2D eigenvalue weighted by Crippen LogP contribution is -2.49. The summed E-state index contributed by atoms with van der Waals surface area (Å²) in [5.41, 5.74) is 0. The molecule has 1 aliphatic rings. The van der Waals surface area contributed by atoms with Crippen LogP contribution in [0.25, 0.3) is 0 Å². The minimum absolute atomic E-state index is 0.0517. The first-order valence-electron chi connectivity index (χ1n) is 4.27. The third-order valence-corrected chi connectivity index (χ3v) is 1.97. The van der Waals surface area contributed by atoms with E-state index in [0.29, 0.717) is 13.0 Å². The molecule has 0 aliphatic carbocycles. The summed E-state index contributed by atoms with van der Waals surface area (Å²) in [5.74, 6) is -0.0517. The zero-order valence-corrected chi connectivity index (χ0v) is 7.25. The Labute approximate surface area is 71.9 Å². The van der Waals surface area contributed by atoms with Crippen molar-refractivity contribution in [3.63, 3.8) is 0 Å². The quantitative estimate of drug-likeness (QED) is 0.614. The maximum atomic E-state index is 11.1. The van der Waals surface area contributed by atoms with E-state index in [4.69, 9.17) is 9.84 Å². The lowest BCUT2D eigenvalue weighted by atomic mass is 10.1. The molecule has 12 heavy (non-hydrogen) atoms. The van der Waals surface area contributed by atoms with Crippen LogP contribution in [-0.2, 0) is 9.53 Å². The van der Waals surface area contributed by atoms with Gasteiger partial charge in [-0.15, -0.1) is 0 Å². The van der Waals surface area contributed by atoms with Crippen molar-refractivity contribution in [1.82, 2.24) is 5.32 Å². The number of aliphatic hydroxyl groups excluding tert-OH is 1. The highest BCUT2D eigenvalue weighted by Crippen LogP contribution is 2.06. The van der Waals surface area contributed by atoms with E-state index in [0.717, 1.165) is 6.42 Å². The Hall–Kier alpha value is -0.610. The van der Waals surface area contributed by atoms with Gasteiger partial charge >= 0.3 is 0 Å². The maximum Gasteiger partial charge on any atom is 0.249 e. The van der Waals surface area contributed by atoms with E-state index >= 15 is 0 Å². The summed E-state index contributed by atoms with van der Waals surface area (Å²) in [4.78, 5) is 11.1. The predicted octanol–water partition coefficient (Wildman–Crippen LogP) is -0.338. The molecule has 0 bridgehead atoms. The van der Waals surface area contributed by atoms with Crippen LogP contribution >= 0.6 is 0 Å². The van der Waals surface area contributed by atoms with Crippen LogP contribution < -0.4 is 5.32 Å². The van der Waals surface area contributed by atoms with E-state index in [1.165, 1.54) is 0 Å². The normalized spacial score (nSPS) is 30.0. The second-order valence-corrected chi connectivity index (χ2v) is 3.05. The molecule has 1 rings (SSSR count). The van der Waals surface area contributed by atoms with Crippen molar-refractivity contribution >= 4 is 5.91 Å². The van der Waals surface area contributed by atoms with Gasteiger partial charge in [-0.05, 0) is 19.8 Å². The smallest absolute Gasteiger partial charge is 0.249 e. The third kappa shape index (κ3) is 2.46. The van der Waals surface area contributed by atoms with Crippen LogP contribution in [0, 0.1) is 0 Å². The molecule has 0 unspecified atom stereocenters.